The Labute approximate surface area is 121 Å². The van der Waals surface area contributed by atoms with Gasteiger partial charge in [0, 0.05) is 19.5 Å². The minimum Gasteiger partial charge on any atom is -0.493 e. The molecular formula is C16H23N3O. The van der Waals surface area contributed by atoms with Gasteiger partial charge < -0.3 is 15.4 Å². The maximum absolute atomic E-state index is 5.72. The van der Waals surface area contributed by atoms with Gasteiger partial charge in [-0.05, 0) is 25.5 Å². The van der Waals surface area contributed by atoms with E-state index in [-0.39, 0.29) is 0 Å². The molecule has 2 N–H and O–H groups in total. The van der Waals surface area contributed by atoms with Gasteiger partial charge in [0.25, 0.3) is 0 Å². The normalized spacial score (nSPS) is 10.8. The molecular weight excluding hydrogens is 250 g/mol. The van der Waals surface area contributed by atoms with E-state index < -0.39 is 0 Å². The van der Waals surface area contributed by atoms with Crippen LogP contribution in [-0.2, 0) is 0 Å². The minimum atomic E-state index is 0.478. The van der Waals surface area contributed by atoms with Crippen molar-refractivity contribution in [3.8, 4) is 18.1 Å². The second-order valence-electron chi connectivity index (χ2n) is 4.29. The highest BCUT2D eigenvalue weighted by molar-refractivity contribution is 5.79. The SMILES string of the molecule is C#CCNC(=NCCCOc1ccccc1C)NCC. The fourth-order valence-electron chi connectivity index (χ4n) is 1.63. The third-order valence-electron chi connectivity index (χ3n) is 2.63. The standard InChI is InChI=1S/C16H23N3O/c1-4-11-18-16(17-5-2)19-12-8-13-20-15-10-7-6-9-14(15)3/h1,6-7,9-10H,5,8,11-13H2,2-3H3,(H2,17,18,19). The van der Waals surface area contributed by atoms with Gasteiger partial charge in [0.15, 0.2) is 5.96 Å². The van der Waals surface area contributed by atoms with Crippen molar-refractivity contribution >= 4 is 5.96 Å². The van der Waals surface area contributed by atoms with E-state index in [1.165, 1.54) is 0 Å². The Morgan fingerprint density at radius 3 is 2.85 bits per heavy atom. The number of aryl methyl sites for hydroxylation is 1. The molecule has 4 heteroatoms. The van der Waals surface area contributed by atoms with Gasteiger partial charge in [-0.1, -0.05) is 24.1 Å². The molecule has 0 fully saturated rings. The number of hydrogen-bond acceptors (Lipinski definition) is 2. The number of para-hydroxylation sites is 1. The van der Waals surface area contributed by atoms with Crippen molar-refractivity contribution in [2.45, 2.75) is 20.3 Å². The Morgan fingerprint density at radius 1 is 1.35 bits per heavy atom. The van der Waals surface area contributed by atoms with Gasteiger partial charge in [-0.3, -0.25) is 4.99 Å². The lowest BCUT2D eigenvalue weighted by molar-refractivity contribution is 0.311. The number of aliphatic imine (C=N–C) groups is 1. The third kappa shape index (κ3) is 6.14. The lowest BCUT2D eigenvalue weighted by atomic mass is 10.2. The van der Waals surface area contributed by atoms with Gasteiger partial charge >= 0.3 is 0 Å². The van der Waals surface area contributed by atoms with Crippen LogP contribution in [0.15, 0.2) is 29.3 Å². The first kappa shape index (κ1) is 15.9. The van der Waals surface area contributed by atoms with Crippen LogP contribution >= 0.6 is 0 Å². The molecule has 0 aliphatic heterocycles. The van der Waals surface area contributed by atoms with Crippen LogP contribution in [0.25, 0.3) is 0 Å². The Balaban J connectivity index is 2.29. The van der Waals surface area contributed by atoms with Crippen LogP contribution < -0.4 is 15.4 Å². The van der Waals surface area contributed by atoms with E-state index in [1.807, 2.05) is 38.1 Å². The van der Waals surface area contributed by atoms with Crippen molar-refractivity contribution in [2.24, 2.45) is 4.99 Å². The van der Waals surface area contributed by atoms with Crippen molar-refractivity contribution in [2.75, 3.05) is 26.2 Å². The first-order valence-electron chi connectivity index (χ1n) is 6.92. The molecule has 108 valence electrons. The van der Waals surface area contributed by atoms with Crippen LogP contribution in [0.4, 0.5) is 0 Å². The van der Waals surface area contributed by atoms with Gasteiger partial charge in [0.2, 0.25) is 0 Å². The van der Waals surface area contributed by atoms with Crippen LogP contribution in [0.5, 0.6) is 5.75 Å². The molecule has 0 aromatic heterocycles. The van der Waals surface area contributed by atoms with Crippen molar-refractivity contribution < 1.29 is 4.74 Å². The zero-order valence-electron chi connectivity index (χ0n) is 12.3. The lowest BCUT2D eigenvalue weighted by Gasteiger charge is -2.10. The maximum Gasteiger partial charge on any atom is 0.192 e. The summed E-state index contributed by atoms with van der Waals surface area (Å²) in [6, 6.07) is 8.01. The summed E-state index contributed by atoms with van der Waals surface area (Å²) in [5, 5.41) is 6.19. The Morgan fingerprint density at radius 2 is 2.15 bits per heavy atom. The van der Waals surface area contributed by atoms with Crippen LogP contribution in [0, 0.1) is 19.3 Å². The van der Waals surface area contributed by atoms with E-state index in [4.69, 9.17) is 11.2 Å². The minimum absolute atomic E-state index is 0.478. The molecule has 20 heavy (non-hydrogen) atoms. The predicted molar refractivity (Wildman–Crippen MR) is 84.1 cm³/mol. The lowest BCUT2D eigenvalue weighted by Crippen LogP contribution is -2.37. The van der Waals surface area contributed by atoms with E-state index in [2.05, 4.69) is 21.5 Å². The van der Waals surface area contributed by atoms with E-state index in [0.29, 0.717) is 19.7 Å². The summed E-state index contributed by atoms with van der Waals surface area (Å²) in [6.07, 6.45) is 6.07. The van der Waals surface area contributed by atoms with Gasteiger partial charge in [-0.15, -0.1) is 6.42 Å². The Hall–Kier alpha value is -2.15. The molecule has 0 unspecified atom stereocenters. The molecule has 1 rings (SSSR count). The van der Waals surface area contributed by atoms with Crippen LogP contribution in [0.3, 0.4) is 0 Å². The molecule has 1 aromatic rings. The fourth-order valence-corrected chi connectivity index (χ4v) is 1.63. The molecule has 0 atom stereocenters. The molecule has 4 nitrogen and oxygen atoms in total. The predicted octanol–water partition coefficient (Wildman–Crippen LogP) is 1.95. The van der Waals surface area contributed by atoms with Crippen molar-refractivity contribution in [3.63, 3.8) is 0 Å². The average Bonchev–Trinajstić information content (AvgIpc) is 2.46. The number of terminal acetylenes is 1. The first-order valence-corrected chi connectivity index (χ1v) is 6.92. The second kappa shape index (κ2) is 9.74. The molecule has 0 aliphatic rings. The van der Waals surface area contributed by atoms with E-state index in [0.717, 1.165) is 30.2 Å². The fraction of sp³-hybridized carbons (Fsp3) is 0.438. The van der Waals surface area contributed by atoms with E-state index >= 15 is 0 Å². The summed E-state index contributed by atoms with van der Waals surface area (Å²) in [7, 11) is 0. The molecule has 0 heterocycles. The summed E-state index contributed by atoms with van der Waals surface area (Å²) < 4.78 is 5.72. The average molecular weight is 273 g/mol. The summed E-state index contributed by atoms with van der Waals surface area (Å²) >= 11 is 0. The highest BCUT2D eigenvalue weighted by atomic mass is 16.5. The molecule has 1 aromatic carbocycles. The van der Waals surface area contributed by atoms with Crippen molar-refractivity contribution in [3.05, 3.63) is 29.8 Å². The number of hydrogen-bond donors (Lipinski definition) is 2. The number of benzene rings is 1. The van der Waals surface area contributed by atoms with Gasteiger partial charge in [0.05, 0.1) is 13.2 Å². The highest BCUT2D eigenvalue weighted by Gasteiger charge is 1.98. The summed E-state index contributed by atoms with van der Waals surface area (Å²) in [5.74, 6) is 4.22. The number of ether oxygens (including phenoxy) is 1. The zero-order valence-corrected chi connectivity index (χ0v) is 12.3. The molecule has 0 amide bonds. The van der Waals surface area contributed by atoms with Gasteiger partial charge in [0.1, 0.15) is 5.75 Å². The summed E-state index contributed by atoms with van der Waals surface area (Å²) in [5.41, 5.74) is 1.15. The molecule has 0 saturated heterocycles. The largest absolute Gasteiger partial charge is 0.493 e. The van der Waals surface area contributed by atoms with E-state index in [9.17, 15) is 0 Å². The summed E-state index contributed by atoms with van der Waals surface area (Å²) in [4.78, 5) is 4.42. The van der Waals surface area contributed by atoms with Crippen molar-refractivity contribution in [1.29, 1.82) is 0 Å². The monoisotopic (exact) mass is 273 g/mol. The molecule has 0 saturated carbocycles. The third-order valence-corrected chi connectivity index (χ3v) is 2.63. The van der Waals surface area contributed by atoms with Crippen molar-refractivity contribution in [1.82, 2.24) is 10.6 Å². The van der Waals surface area contributed by atoms with E-state index in [1.54, 1.807) is 0 Å². The molecule has 0 spiro atoms. The topological polar surface area (TPSA) is 45.7 Å². The smallest absolute Gasteiger partial charge is 0.192 e. The summed E-state index contributed by atoms with van der Waals surface area (Å²) in [6.45, 7) is 6.71. The zero-order chi connectivity index (χ0) is 14.6. The molecule has 0 bridgehead atoms. The number of nitrogens with one attached hydrogen (secondary N) is 2. The Kier molecular flexibility index (Phi) is 7.74. The highest BCUT2D eigenvalue weighted by Crippen LogP contribution is 2.15. The molecule has 0 aliphatic carbocycles. The molecule has 0 radical (unpaired) electrons. The van der Waals surface area contributed by atoms with Crippen LogP contribution in [-0.4, -0.2) is 32.2 Å². The van der Waals surface area contributed by atoms with Gasteiger partial charge in [-0.25, -0.2) is 0 Å². The maximum atomic E-state index is 5.72. The van der Waals surface area contributed by atoms with Gasteiger partial charge in [-0.2, -0.15) is 0 Å². The first-order chi connectivity index (χ1) is 9.77. The van der Waals surface area contributed by atoms with Crippen LogP contribution in [0.1, 0.15) is 18.9 Å². The van der Waals surface area contributed by atoms with Crippen LogP contribution in [0.2, 0.25) is 0 Å². The quantitative estimate of drug-likeness (QED) is 0.345. The second-order valence-corrected chi connectivity index (χ2v) is 4.29. The number of nitrogens with zero attached hydrogens (tertiary/aromatic N) is 1. The number of guanidine groups is 1. The number of rotatable bonds is 7. The Bertz CT molecular complexity index is 463.